The second kappa shape index (κ2) is 5.92. The van der Waals surface area contributed by atoms with Gasteiger partial charge < -0.3 is 15.4 Å². The lowest BCUT2D eigenvalue weighted by atomic mass is 9.74. The van der Waals surface area contributed by atoms with Crippen LogP contribution in [0.2, 0.25) is 0 Å². The van der Waals surface area contributed by atoms with Crippen LogP contribution in [0.5, 0.6) is 5.75 Å². The Morgan fingerprint density at radius 3 is 2.72 bits per heavy atom. The molecule has 4 rings (SSSR count). The van der Waals surface area contributed by atoms with Gasteiger partial charge >= 0.3 is 0 Å². The first-order valence-corrected chi connectivity index (χ1v) is 8.47. The van der Waals surface area contributed by atoms with Gasteiger partial charge in [-0.15, -0.1) is 0 Å². The van der Waals surface area contributed by atoms with Crippen LogP contribution < -0.4 is 15.4 Å². The number of rotatable bonds is 3. The first kappa shape index (κ1) is 15.7. The number of piperidine rings is 1. The lowest BCUT2D eigenvalue weighted by Gasteiger charge is -2.46. The zero-order valence-corrected chi connectivity index (χ0v) is 14.0. The highest BCUT2D eigenvalue weighted by atomic mass is 16.5. The van der Waals surface area contributed by atoms with Crippen LogP contribution in [-0.2, 0) is 16.1 Å². The summed E-state index contributed by atoms with van der Waals surface area (Å²) in [5.41, 5.74) is 1.17. The maximum Gasteiger partial charge on any atom is 0.236 e. The number of carbonyl (C=O) groups is 2. The van der Waals surface area contributed by atoms with Gasteiger partial charge in [0.1, 0.15) is 11.7 Å². The molecule has 2 bridgehead atoms. The molecule has 3 atom stereocenters. The molecule has 0 aliphatic carbocycles. The van der Waals surface area contributed by atoms with Crippen LogP contribution in [-0.4, -0.2) is 17.5 Å². The van der Waals surface area contributed by atoms with Crippen molar-refractivity contribution < 1.29 is 14.3 Å². The number of hydrogen-bond acceptors (Lipinski definition) is 3. The zero-order valence-electron chi connectivity index (χ0n) is 14.0. The molecule has 1 saturated heterocycles. The van der Waals surface area contributed by atoms with Crippen molar-refractivity contribution in [1.82, 2.24) is 10.6 Å². The van der Waals surface area contributed by atoms with Gasteiger partial charge in [-0.25, -0.2) is 0 Å². The maximum atomic E-state index is 12.8. The number of ether oxygens (including phenoxy) is 1. The lowest BCUT2D eigenvalue weighted by Crippen LogP contribution is -2.62. The smallest absolute Gasteiger partial charge is 0.236 e. The highest BCUT2D eigenvalue weighted by Gasteiger charge is 2.51. The Morgan fingerprint density at radius 2 is 1.92 bits per heavy atom. The summed E-state index contributed by atoms with van der Waals surface area (Å²) in [6.07, 6.45) is 0.583. The predicted octanol–water partition coefficient (Wildman–Crippen LogP) is 2.33. The number of benzene rings is 2. The minimum absolute atomic E-state index is 0.181. The first-order valence-electron chi connectivity index (χ1n) is 8.47. The molecule has 128 valence electrons. The Bertz CT molecular complexity index is 821. The second-order valence-electron chi connectivity index (χ2n) is 6.85. The summed E-state index contributed by atoms with van der Waals surface area (Å²) in [6.45, 7) is 2.26. The SMILES string of the molecule is C[C@]12C[C@@H](c3ccccc3O1)[C@H](C(=O)NCc1ccccc1)C(=O)N2. The molecule has 0 aromatic heterocycles. The Kier molecular flexibility index (Phi) is 3.71. The molecule has 1 fully saturated rings. The Hall–Kier alpha value is -2.82. The van der Waals surface area contributed by atoms with E-state index in [4.69, 9.17) is 4.74 Å². The van der Waals surface area contributed by atoms with Gasteiger partial charge in [-0.05, 0) is 24.1 Å². The van der Waals surface area contributed by atoms with E-state index in [2.05, 4.69) is 10.6 Å². The van der Waals surface area contributed by atoms with Crippen molar-refractivity contribution >= 4 is 11.8 Å². The fraction of sp³-hybridized carbons (Fsp3) is 0.300. The van der Waals surface area contributed by atoms with Crippen LogP contribution >= 0.6 is 0 Å². The van der Waals surface area contributed by atoms with Gasteiger partial charge in [0.25, 0.3) is 0 Å². The normalized spacial score (nSPS) is 26.8. The number of hydrogen-bond donors (Lipinski definition) is 2. The van der Waals surface area contributed by atoms with Crippen molar-refractivity contribution in [1.29, 1.82) is 0 Å². The Morgan fingerprint density at radius 1 is 1.20 bits per heavy atom. The first-order chi connectivity index (χ1) is 12.1. The van der Waals surface area contributed by atoms with Crippen LogP contribution in [0.15, 0.2) is 54.6 Å². The van der Waals surface area contributed by atoms with E-state index in [1.54, 1.807) is 0 Å². The topological polar surface area (TPSA) is 67.4 Å². The highest BCUT2D eigenvalue weighted by Crippen LogP contribution is 2.46. The van der Waals surface area contributed by atoms with Gasteiger partial charge in [0.2, 0.25) is 11.8 Å². The average molecular weight is 336 g/mol. The molecule has 2 aliphatic heterocycles. The molecule has 2 amide bonds. The van der Waals surface area contributed by atoms with Gasteiger partial charge in [-0.2, -0.15) is 0 Å². The maximum absolute atomic E-state index is 12.8. The molecule has 2 aromatic carbocycles. The van der Waals surface area contributed by atoms with E-state index in [0.29, 0.717) is 13.0 Å². The molecule has 2 aromatic rings. The molecule has 5 heteroatoms. The van der Waals surface area contributed by atoms with Crippen LogP contribution in [0.1, 0.15) is 30.4 Å². The Labute approximate surface area is 146 Å². The molecule has 0 spiro atoms. The quantitative estimate of drug-likeness (QED) is 0.846. The summed E-state index contributed by atoms with van der Waals surface area (Å²) in [4.78, 5) is 25.4. The number of para-hydroxylation sites is 1. The lowest BCUT2D eigenvalue weighted by molar-refractivity contribution is -0.147. The van der Waals surface area contributed by atoms with E-state index in [9.17, 15) is 9.59 Å². The molecule has 25 heavy (non-hydrogen) atoms. The molecule has 2 aliphatic rings. The molecule has 5 nitrogen and oxygen atoms in total. The van der Waals surface area contributed by atoms with Crippen molar-refractivity contribution in [2.24, 2.45) is 5.92 Å². The molecular weight excluding hydrogens is 316 g/mol. The molecule has 0 unspecified atom stereocenters. The van der Waals surface area contributed by atoms with Gasteiger partial charge in [0.05, 0.1) is 0 Å². The predicted molar refractivity (Wildman–Crippen MR) is 92.8 cm³/mol. The minimum atomic E-state index is -0.758. The van der Waals surface area contributed by atoms with Crippen molar-refractivity contribution in [3.8, 4) is 5.75 Å². The third-order valence-corrected chi connectivity index (χ3v) is 4.93. The molecular formula is C20H20N2O3. The van der Waals surface area contributed by atoms with Crippen molar-refractivity contribution in [3.63, 3.8) is 0 Å². The van der Waals surface area contributed by atoms with E-state index in [1.165, 1.54) is 0 Å². The van der Waals surface area contributed by atoms with Gasteiger partial charge in [0, 0.05) is 18.9 Å². The monoisotopic (exact) mass is 336 g/mol. The van der Waals surface area contributed by atoms with Crippen molar-refractivity contribution in [3.05, 3.63) is 65.7 Å². The fourth-order valence-corrected chi connectivity index (χ4v) is 3.79. The summed E-state index contributed by atoms with van der Waals surface area (Å²) in [5.74, 6) is -0.715. The third kappa shape index (κ3) is 2.86. The minimum Gasteiger partial charge on any atom is -0.468 e. The van der Waals surface area contributed by atoms with Crippen molar-refractivity contribution in [2.75, 3.05) is 0 Å². The van der Waals surface area contributed by atoms with Crippen LogP contribution in [0, 0.1) is 5.92 Å². The van der Waals surface area contributed by atoms with Gasteiger partial charge in [0.15, 0.2) is 5.72 Å². The summed E-state index contributed by atoms with van der Waals surface area (Å²) in [7, 11) is 0. The van der Waals surface area contributed by atoms with Gasteiger partial charge in [-0.1, -0.05) is 48.5 Å². The average Bonchev–Trinajstić information content (AvgIpc) is 2.60. The van der Waals surface area contributed by atoms with E-state index >= 15 is 0 Å². The highest BCUT2D eigenvalue weighted by molar-refractivity contribution is 6.02. The van der Waals surface area contributed by atoms with E-state index < -0.39 is 11.6 Å². The van der Waals surface area contributed by atoms with Crippen molar-refractivity contribution in [2.45, 2.75) is 31.5 Å². The molecule has 0 radical (unpaired) electrons. The summed E-state index contributed by atoms with van der Waals surface area (Å²) in [6, 6.07) is 17.3. The summed E-state index contributed by atoms with van der Waals surface area (Å²) < 4.78 is 5.95. The van der Waals surface area contributed by atoms with Gasteiger partial charge in [-0.3, -0.25) is 9.59 Å². The zero-order chi connectivity index (χ0) is 17.4. The third-order valence-electron chi connectivity index (χ3n) is 4.93. The standard InChI is InChI=1S/C20H20N2O3/c1-20-11-15(14-9-5-6-10-16(14)25-20)17(19(24)22-20)18(23)21-12-13-7-3-2-4-8-13/h2-10,15,17H,11-12H2,1H3,(H,21,23)(H,22,24)/t15-,17+,20+/m0/s1. The molecule has 2 heterocycles. The van der Waals surface area contributed by atoms with E-state index in [0.717, 1.165) is 16.9 Å². The fourth-order valence-electron chi connectivity index (χ4n) is 3.79. The number of carbonyl (C=O) groups excluding carboxylic acids is 2. The summed E-state index contributed by atoms with van der Waals surface area (Å²) >= 11 is 0. The number of amides is 2. The van der Waals surface area contributed by atoms with Crippen LogP contribution in [0.3, 0.4) is 0 Å². The van der Waals surface area contributed by atoms with Crippen LogP contribution in [0.4, 0.5) is 0 Å². The largest absolute Gasteiger partial charge is 0.468 e. The number of nitrogens with one attached hydrogen (secondary N) is 2. The van der Waals surface area contributed by atoms with E-state index in [-0.39, 0.29) is 17.7 Å². The summed E-state index contributed by atoms with van der Waals surface area (Å²) in [5, 5.41) is 5.78. The van der Waals surface area contributed by atoms with E-state index in [1.807, 2.05) is 61.5 Å². The number of fused-ring (bicyclic) bond motifs is 4. The Balaban J connectivity index is 1.59. The second-order valence-corrected chi connectivity index (χ2v) is 6.85. The molecule has 0 saturated carbocycles. The molecule has 2 N–H and O–H groups in total. The van der Waals surface area contributed by atoms with Crippen LogP contribution in [0.25, 0.3) is 0 Å².